The molecule has 0 aliphatic rings. The zero-order valence-electron chi connectivity index (χ0n) is 4.61. The summed E-state index contributed by atoms with van der Waals surface area (Å²) in [4.78, 5) is 9.26. The molecule has 2 nitrogen and oxygen atoms in total. The van der Waals surface area contributed by atoms with Crippen molar-refractivity contribution in [1.29, 1.82) is 0 Å². The van der Waals surface area contributed by atoms with Gasteiger partial charge in [-0.25, -0.2) is 4.39 Å². The number of halogens is 3. The highest BCUT2D eigenvalue weighted by Crippen LogP contribution is 2.20. The lowest BCUT2D eigenvalue weighted by Crippen LogP contribution is -2.30. The largest absolute Gasteiger partial charge is 0.431 e. The van der Waals surface area contributed by atoms with Gasteiger partial charge in [0.15, 0.2) is 0 Å². The molecular formula is C4H5F3O2. The molecule has 0 heterocycles. The quantitative estimate of drug-likeness (QED) is 0.551. The van der Waals surface area contributed by atoms with E-state index in [0.717, 1.165) is 0 Å². The predicted molar refractivity (Wildman–Crippen MR) is 22.7 cm³/mol. The number of alkyl halides is 3. The van der Waals surface area contributed by atoms with E-state index < -0.39 is 18.8 Å². The Bertz CT molecular complexity index is 102. The van der Waals surface area contributed by atoms with Crippen LogP contribution in [0.2, 0.25) is 0 Å². The van der Waals surface area contributed by atoms with Crippen molar-refractivity contribution < 1.29 is 22.7 Å². The summed E-state index contributed by atoms with van der Waals surface area (Å²) in [5.74, 6) is 0. The average molecular weight is 142 g/mol. The van der Waals surface area contributed by atoms with E-state index in [2.05, 4.69) is 4.74 Å². The molecule has 0 aromatic carbocycles. The van der Waals surface area contributed by atoms with Crippen LogP contribution in [0.25, 0.3) is 0 Å². The lowest BCUT2D eigenvalue weighted by molar-refractivity contribution is -0.247. The zero-order chi connectivity index (χ0) is 7.49. The first-order valence-electron chi connectivity index (χ1n) is 2.14. The lowest BCUT2D eigenvalue weighted by atomic mass is 10.4. The first-order chi connectivity index (χ1) is 4.00. The Morgan fingerprint density at radius 3 is 2.22 bits per heavy atom. The fraction of sp³-hybridized carbons (Fsp3) is 0.750. The van der Waals surface area contributed by atoms with Gasteiger partial charge in [0, 0.05) is 0 Å². The van der Waals surface area contributed by atoms with Gasteiger partial charge in [-0.15, -0.1) is 0 Å². The van der Waals surface area contributed by atoms with Crippen LogP contribution in [-0.4, -0.2) is 18.8 Å². The zero-order valence-corrected chi connectivity index (χ0v) is 4.61. The molecule has 0 aromatic rings. The van der Waals surface area contributed by atoms with Gasteiger partial charge in [0.05, 0.1) is 0 Å². The summed E-state index contributed by atoms with van der Waals surface area (Å²) >= 11 is 0. The van der Waals surface area contributed by atoms with E-state index in [9.17, 15) is 18.0 Å². The van der Waals surface area contributed by atoms with Gasteiger partial charge >= 0.3 is 6.11 Å². The third-order valence-corrected chi connectivity index (χ3v) is 0.668. The van der Waals surface area contributed by atoms with Gasteiger partial charge in [-0.2, -0.15) is 8.78 Å². The molecule has 9 heavy (non-hydrogen) atoms. The second-order valence-corrected chi connectivity index (χ2v) is 1.39. The fourth-order valence-electron chi connectivity index (χ4n) is 0.158. The van der Waals surface area contributed by atoms with Crippen LogP contribution < -0.4 is 0 Å². The molecule has 0 saturated heterocycles. The van der Waals surface area contributed by atoms with Crippen molar-refractivity contribution in [2.45, 2.75) is 19.2 Å². The molecule has 1 atom stereocenters. The van der Waals surface area contributed by atoms with Crippen molar-refractivity contribution >= 4 is 6.47 Å². The highest BCUT2D eigenvalue weighted by molar-refractivity contribution is 5.37. The third kappa shape index (κ3) is 2.34. The molecule has 0 aromatic heterocycles. The molecule has 0 bridgehead atoms. The minimum Gasteiger partial charge on any atom is -0.401 e. The number of hydrogen-bond acceptors (Lipinski definition) is 2. The molecule has 54 valence electrons. The summed E-state index contributed by atoms with van der Waals surface area (Å²) in [7, 11) is 0. The Labute approximate surface area is 49.6 Å². The molecule has 0 radical (unpaired) electrons. The Morgan fingerprint density at radius 1 is 1.67 bits per heavy atom. The normalized spacial score (nSPS) is 14.7. The van der Waals surface area contributed by atoms with Crippen molar-refractivity contribution in [2.24, 2.45) is 0 Å². The maximum atomic E-state index is 11.7. The van der Waals surface area contributed by atoms with Crippen LogP contribution in [-0.2, 0) is 9.53 Å². The second kappa shape index (κ2) is 2.70. The molecule has 0 spiro atoms. The monoisotopic (exact) mass is 142 g/mol. The first kappa shape index (κ1) is 8.26. The molecule has 0 amide bonds. The summed E-state index contributed by atoms with van der Waals surface area (Å²) in [6.45, 7) is 0.111. The number of ether oxygens (including phenoxy) is 1. The minimum absolute atomic E-state index is 0.490. The highest BCUT2D eigenvalue weighted by atomic mass is 19.3. The van der Waals surface area contributed by atoms with Gasteiger partial charge < -0.3 is 4.74 Å². The summed E-state index contributed by atoms with van der Waals surface area (Å²) in [5, 5.41) is 0. The van der Waals surface area contributed by atoms with Crippen molar-refractivity contribution in [3.05, 3.63) is 0 Å². The topological polar surface area (TPSA) is 26.3 Å². The van der Waals surface area contributed by atoms with Gasteiger partial charge in [0.2, 0.25) is 6.17 Å². The van der Waals surface area contributed by atoms with Crippen LogP contribution in [0.5, 0.6) is 0 Å². The maximum absolute atomic E-state index is 11.7. The van der Waals surface area contributed by atoms with Gasteiger partial charge in [-0.05, 0) is 6.92 Å². The molecule has 0 aliphatic carbocycles. The van der Waals surface area contributed by atoms with Gasteiger partial charge in [-0.1, -0.05) is 0 Å². The Morgan fingerprint density at radius 2 is 2.11 bits per heavy atom. The van der Waals surface area contributed by atoms with Crippen molar-refractivity contribution in [2.75, 3.05) is 0 Å². The van der Waals surface area contributed by atoms with E-state index in [1.54, 1.807) is 0 Å². The standard InChI is InChI=1S/C4H5F3O2/c1-3(5)4(6,7)9-2-8/h2-3H,1H3. The van der Waals surface area contributed by atoms with Crippen molar-refractivity contribution in [3.8, 4) is 0 Å². The molecule has 0 fully saturated rings. The van der Waals surface area contributed by atoms with Gasteiger partial charge in [0.25, 0.3) is 6.47 Å². The lowest BCUT2D eigenvalue weighted by Gasteiger charge is -2.13. The molecule has 0 rings (SSSR count). The maximum Gasteiger partial charge on any atom is 0.431 e. The second-order valence-electron chi connectivity index (χ2n) is 1.39. The molecule has 0 N–H and O–H groups in total. The van der Waals surface area contributed by atoms with E-state index in [1.165, 1.54) is 0 Å². The summed E-state index contributed by atoms with van der Waals surface area (Å²) in [6, 6.07) is 0. The summed E-state index contributed by atoms with van der Waals surface area (Å²) < 4.78 is 38.2. The third-order valence-electron chi connectivity index (χ3n) is 0.668. The number of carbonyl (C=O) groups excluding carboxylic acids is 1. The summed E-state index contributed by atoms with van der Waals surface area (Å²) in [6.07, 6.45) is -6.45. The van der Waals surface area contributed by atoms with Gasteiger partial charge in [-0.3, -0.25) is 4.79 Å². The molecular weight excluding hydrogens is 137 g/mol. The fourth-order valence-corrected chi connectivity index (χ4v) is 0.158. The number of rotatable bonds is 3. The van der Waals surface area contributed by atoms with Gasteiger partial charge in [0.1, 0.15) is 0 Å². The Balaban J connectivity index is 3.84. The van der Waals surface area contributed by atoms with E-state index in [-0.39, 0.29) is 0 Å². The van der Waals surface area contributed by atoms with Crippen LogP contribution in [0.4, 0.5) is 13.2 Å². The van der Waals surface area contributed by atoms with E-state index in [4.69, 9.17) is 0 Å². The number of carbonyl (C=O) groups is 1. The SMILES string of the molecule is CC(F)C(F)(F)OC=O. The first-order valence-corrected chi connectivity index (χ1v) is 2.14. The van der Waals surface area contributed by atoms with E-state index in [1.807, 2.05) is 0 Å². The Kier molecular flexibility index (Phi) is 2.48. The minimum atomic E-state index is -3.98. The molecule has 0 aliphatic heterocycles. The Hall–Kier alpha value is -0.740. The molecule has 0 saturated carbocycles. The van der Waals surface area contributed by atoms with E-state index in [0.29, 0.717) is 6.92 Å². The van der Waals surface area contributed by atoms with Crippen molar-refractivity contribution in [1.82, 2.24) is 0 Å². The number of hydrogen-bond donors (Lipinski definition) is 0. The average Bonchev–Trinajstić information content (AvgIpc) is 1.65. The van der Waals surface area contributed by atoms with E-state index >= 15 is 0 Å². The summed E-state index contributed by atoms with van der Waals surface area (Å²) in [5.41, 5.74) is 0. The highest BCUT2D eigenvalue weighted by Gasteiger charge is 2.39. The molecule has 5 heteroatoms. The van der Waals surface area contributed by atoms with Crippen LogP contribution >= 0.6 is 0 Å². The molecule has 1 unspecified atom stereocenters. The smallest absolute Gasteiger partial charge is 0.401 e. The van der Waals surface area contributed by atoms with Crippen LogP contribution in [0.15, 0.2) is 0 Å². The van der Waals surface area contributed by atoms with Crippen molar-refractivity contribution in [3.63, 3.8) is 0 Å². The predicted octanol–water partition coefficient (Wildman–Crippen LogP) is 1.11. The van der Waals surface area contributed by atoms with Crippen LogP contribution in [0, 0.1) is 0 Å². The van der Waals surface area contributed by atoms with Crippen LogP contribution in [0.1, 0.15) is 6.92 Å². The van der Waals surface area contributed by atoms with Crippen LogP contribution in [0.3, 0.4) is 0 Å².